The predicted octanol–water partition coefficient (Wildman–Crippen LogP) is 1.88. The average Bonchev–Trinajstić information content (AvgIpc) is 2.53. The van der Waals surface area contributed by atoms with E-state index >= 15 is 0 Å². The molecule has 0 spiro atoms. The van der Waals surface area contributed by atoms with Crippen molar-refractivity contribution < 1.29 is 14.3 Å². The molecule has 0 aliphatic rings. The van der Waals surface area contributed by atoms with Crippen molar-refractivity contribution >= 4 is 17.6 Å². The number of carbonyl (C=O) groups is 2. The van der Waals surface area contributed by atoms with Crippen LogP contribution in [0.3, 0.4) is 0 Å². The Bertz CT molecular complexity index is 751. The van der Waals surface area contributed by atoms with Gasteiger partial charge in [-0.25, -0.2) is 0 Å². The third-order valence-corrected chi connectivity index (χ3v) is 3.07. The smallest absolute Gasteiger partial charge is 0.280 e. The Hall–Kier alpha value is -3.15. The minimum Gasteiger partial charge on any atom is -0.488 e. The first-order valence-electron chi connectivity index (χ1n) is 6.93. The molecular formula is C17H17N3O3. The molecular weight excluding hydrogens is 294 g/mol. The number of nitrogens with two attached hydrogens (primary N) is 2. The molecule has 0 radical (unpaired) electrons. The number of benzene rings is 2. The van der Waals surface area contributed by atoms with E-state index in [4.69, 9.17) is 16.2 Å². The Kier molecular flexibility index (Phi) is 5.09. The molecule has 0 atom stereocenters. The third-order valence-electron chi connectivity index (χ3n) is 3.07. The molecule has 23 heavy (non-hydrogen) atoms. The van der Waals surface area contributed by atoms with Crippen molar-refractivity contribution in [3.05, 3.63) is 65.2 Å². The van der Waals surface area contributed by atoms with Gasteiger partial charge in [-0.3, -0.25) is 9.59 Å². The molecule has 0 heterocycles. The number of amides is 1. The molecule has 4 N–H and O–H groups in total. The molecule has 2 aromatic rings. The van der Waals surface area contributed by atoms with E-state index in [0.717, 1.165) is 5.56 Å². The molecule has 6 heteroatoms. The number of guanidine groups is 1. The van der Waals surface area contributed by atoms with Gasteiger partial charge < -0.3 is 16.2 Å². The van der Waals surface area contributed by atoms with Gasteiger partial charge in [-0.2, -0.15) is 4.99 Å². The van der Waals surface area contributed by atoms with Gasteiger partial charge in [-0.05, 0) is 30.7 Å². The summed E-state index contributed by atoms with van der Waals surface area (Å²) >= 11 is 0. The van der Waals surface area contributed by atoms with Crippen molar-refractivity contribution in [1.82, 2.24) is 0 Å². The number of hydrogen-bond acceptors (Lipinski definition) is 3. The van der Waals surface area contributed by atoms with Crippen LogP contribution in [-0.2, 0) is 6.61 Å². The molecule has 1 amide bonds. The van der Waals surface area contributed by atoms with Crippen LogP contribution in [0.15, 0.2) is 53.5 Å². The van der Waals surface area contributed by atoms with Gasteiger partial charge >= 0.3 is 0 Å². The zero-order chi connectivity index (χ0) is 16.8. The fourth-order valence-corrected chi connectivity index (χ4v) is 1.98. The highest BCUT2D eigenvalue weighted by atomic mass is 16.5. The van der Waals surface area contributed by atoms with Gasteiger partial charge in [0.05, 0.1) is 5.56 Å². The highest BCUT2D eigenvalue weighted by molar-refractivity contribution is 6.04. The lowest BCUT2D eigenvalue weighted by Gasteiger charge is -2.11. The zero-order valence-corrected chi connectivity index (χ0v) is 12.7. The second kappa shape index (κ2) is 7.22. The highest BCUT2D eigenvalue weighted by Crippen LogP contribution is 2.22. The summed E-state index contributed by atoms with van der Waals surface area (Å²) in [5, 5.41) is 0. The maximum absolute atomic E-state index is 11.8. The molecule has 0 bridgehead atoms. The van der Waals surface area contributed by atoms with Crippen molar-refractivity contribution in [3.8, 4) is 5.75 Å². The molecule has 0 aliphatic heterocycles. The van der Waals surface area contributed by atoms with E-state index in [1.807, 2.05) is 30.3 Å². The molecule has 0 saturated heterocycles. The number of ketones is 1. The first-order chi connectivity index (χ1) is 11.0. The van der Waals surface area contributed by atoms with Gasteiger partial charge in [0.2, 0.25) is 0 Å². The molecule has 2 aromatic carbocycles. The molecule has 0 aliphatic carbocycles. The third kappa shape index (κ3) is 4.41. The van der Waals surface area contributed by atoms with Crippen molar-refractivity contribution in [2.75, 3.05) is 0 Å². The van der Waals surface area contributed by atoms with Gasteiger partial charge in [0.15, 0.2) is 11.7 Å². The van der Waals surface area contributed by atoms with E-state index in [1.165, 1.54) is 19.1 Å². The molecule has 0 fully saturated rings. The molecule has 0 unspecified atom stereocenters. The van der Waals surface area contributed by atoms with Crippen molar-refractivity contribution in [2.24, 2.45) is 16.5 Å². The van der Waals surface area contributed by atoms with Crippen LogP contribution in [0.2, 0.25) is 0 Å². The SMILES string of the molecule is CC(=O)c1cc(C(=O)N=C(N)N)ccc1OCc1ccccc1. The van der Waals surface area contributed by atoms with Crippen LogP contribution in [0, 0.1) is 0 Å². The Balaban J connectivity index is 2.25. The van der Waals surface area contributed by atoms with E-state index in [0.29, 0.717) is 17.9 Å². The van der Waals surface area contributed by atoms with Crippen LogP contribution >= 0.6 is 0 Å². The Labute approximate surface area is 133 Å². The number of hydrogen-bond donors (Lipinski definition) is 2. The number of nitrogens with zero attached hydrogens (tertiary/aromatic N) is 1. The molecule has 0 aromatic heterocycles. The summed E-state index contributed by atoms with van der Waals surface area (Å²) in [4.78, 5) is 27.1. The Morgan fingerprint density at radius 3 is 2.39 bits per heavy atom. The lowest BCUT2D eigenvalue weighted by atomic mass is 10.1. The normalized spacial score (nSPS) is 9.96. The number of rotatable bonds is 5. The van der Waals surface area contributed by atoms with Gasteiger partial charge in [-0.1, -0.05) is 30.3 Å². The van der Waals surface area contributed by atoms with Crippen molar-refractivity contribution in [2.45, 2.75) is 13.5 Å². The summed E-state index contributed by atoms with van der Waals surface area (Å²) in [6, 6.07) is 14.1. The number of aliphatic imine (C=N–C) groups is 1. The van der Waals surface area contributed by atoms with Gasteiger partial charge in [0.1, 0.15) is 12.4 Å². The molecule has 118 valence electrons. The summed E-state index contributed by atoms with van der Waals surface area (Å²) in [6.45, 7) is 1.72. The second-order valence-electron chi connectivity index (χ2n) is 4.88. The summed E-state index contributed by atoms with van der Waals surface area (Å²) < 4.78 is 5.68. The lowest BCUT2D eigenvalue weighted by molar-refractivity contribution is 0.100. The Morgan fingerprint density at radius 2 is 1.78 bits per heavy atom. The summed E-state index contributed by atoms with van der Waals surface area (Å²) in [7, 11) is 0. The van der Waals surface area contributed by atoms with Gasteiger partial charge in [-0.15, -0.1) is 0 Å². The highest BCUT2D eigenvalue weighted by Gasteiger charge is 2.13. The molecule has 2 rings (SSSR count). The first-order valence-corrected chi connectivity index (χ1v) is 6.93. The topological polar surface area (TPSA) is 108 Å². The number of Topliss-reactive ketones (excluding diaryl/α,β-unsaturated/α-hetero) is 1. The fraction of sp³-hybridized carbons (Fsp3) is 0.118. The van der Waals surface area contributed by atoms with E-state index in [2.05, 4.69) is 4.99 Å². The van der Waals surface area contributed by atoms with Gasteiger partial charge in [0.25, 0.3) is 5.91 Å². The van der Waals surface area contributed by atoms with Crippen LogP contribution in [0.1, 0.15) is 33.2 Å². The van der Waals surface area contributed by atoms with E-state index < -0.39 is 5.91 Å². The maximum Gasteiger partial charge on any atom is 0.280 e. The first kappa shape index (κ1) is 16.2. The maximum atomic E-state index is 11.8. The lowest BCUT2D eigenvalue weighted by Crippen LogP contribution is -2.24. The average molecular weight is 311 g/mol. The van der Waals surface area contributed by atoms with Crippen LogP contribution in [0.5, 0.6) is 5.75 Å². The summed E-state index contributed by atoms with van der Waals surface area (Å²) in [5.41, 5.74) is 11.9. The Morgan fingerprint density at radius 1 is 1.09 bits per heavy atom. The molecule has 6 nitrogen and oxygen atoms in total. The van der Waals surface area contributed by atoms with Crippen LogP contribution in [-0.4, -0.2) is 17.6 Å². The predicted molar refractivity (Wildman–Crippen MR) is 87.4 cm³/mol. The van der Waals surface area contributed by atoms with Crippen LogP contribution in [0.25, 0.3) is 0 Å². The van der Waals surface area contributed by atoms with Crippen molar-refractivity contribution in [1.29, 1.82) is 0 Å². The van der Waals surface area contributed by atoms with Crippen LogP contribution in [0.4, 0.5) is 0 Å². The number of carbonyl (C=O) groups excluding carboxylic acids is 2. The van der Waals surface area contributed by atoms with Gasteiger partial charge in [0, 0.05) is 5.56 Å². The van der Waals surface area contributed by atoms with Crippen molar-refractivity contribution in [3.63, 3.8) is 0 Å². The minimum absolute atomic E-state index is 0.215. The number of ether oxygens (including phenoxy) is 1. The fourth-order valence-electron chi connectivity index (χ4n) is 1.98. The molecule has 0 saturated carbocycles. The quantitative estimate of drug-likeness (QED) is 0.498. The van der Waals surface area contributed by atoms with Crippen LogP contribution < -0.4 is 16.2 Å². The largest absolute Gasteiger partial charge is 0.488 e. The van der Waals surface area contributed by atoms with E-state index in [-0.39, 0.29) is 17.3 Å². The zero-order valence-electron chi connectivity index (χ0n) is 12.7. The van der Waals surface area contributed by atoms with E-state index in [1.54, 1.807) is 6.07 Å². The van der Waals surface area contributed by atoms with E-state index in [9.17, 15) is 9.59 Å². The summed E-state index contributed by atoms with van der Waals surface area (Å²) in [6.07, 6.45) is 0. The summed E-state index contributed by atoms with van der Waals surface area (Å²) in [5.74, 6) is -0.749. The minimum atomic E-state index is -0.609. The standard InChI is InChI=1S/C17H17N3O3/c1-11(21)14-9-13(16(22)20-17(18)19)7-8-15(14)23-10-12-5-3-2-4-6-12/h2-9H,10H2,1H3,(H4,18,19,20,22). The monoisotopic (exact) mass is 311 g/mol. The second-order valence-corrected chi connectivity index (χ2v) is 4.88.